The highest BCUT2D eigenvalue weighted by Gasteiger charge is 2.14. The van der Waals surface area contributed by atoms with Gasteiger partial charge in [-0.2, -0.15) is 9.50 Å². The van der Waals surface area contributed by atoms with Crippen molar-refractivity contribution in [2.24, 2.45) is 0 Å². The molecule has 0 bridgehead atoms. The average Bonchev–Trinajstić information content (AvgIpc) is 3.31. The normalized spacial score (nSPS) is 11.5. The molecule has 4 heterocycles. The zero-order valence-electron chi connectivity index (χ0n) is 11.9. The highest BCUT2D eigenvalue weighted by molar-refractivity contribution is 7.13. The number of aromatic nitrogens is 4. The molecular weight excluding hydrogens is 308 g/mol. The third-order valence-electron chi connectivity index (χ3n) is 3.66. The van der Waals surface area contributed by atoms with E-state index >= 15 is 0 Å². The van der Waals surface area contributed by atoms with Crippen molar-refractivity contribution < 1.29 is 4.42 Å². The molecular formula is C17H10N4OS. The third kappa shape index (κ3) is 1.96. The van der Waals surface area contributed by atoms with Gasteiger partial charge in [-0.1, -0.05) is 24.3 Å². The fraction of sp³-hybridized carbons (Fsp3) is 0. The van der Waals surface area contributed by atoms with Crippen molar-refractivity contribution in [3.63, 3.8) is 0 Å². The van der Waals surface area contributed by atoms with Crippen molar-refractivity contribution in [3.8, 4) is 22.2 Å². The number of nitrogens with zero attached hydrogens (tertiary/aromatic N) is 4. The molecule has 110 valence electrons. The molecule has 0 saturated carbocycles. The Hall–Kier alpha value is -2.99. The summed E-state index contributed by atoms with van der Waals surface area (Å²) in [4.78, 5) is 9.83. The second-order valence-corrected chi connectivity index (χ2v) is 6.05. The fourth-order valence-electron chi connectivity index (χ4n) is 2.60. The molecule has 4 aromatic heterocycles. The van der Waals surface area contributed by atoms with Crippen LogP contribution in [-0.4, -0.2) is 19.6 Å². The Labute approximate surface area is 134 Å². The maximum absolute atomic E-state index is 5.95. The van der Waals surface area contributed by atoms with Gasteiger partial charge in [0.05, 0.1) is 4.88 Å². The molecule has 0 spiro atoms. The summed E-state index contributed by atoms with van der Waals surface area (Å²) < 4.78 is 7.68. The number of furan rings is 1. The van der Waals surface area contributed by atoms with Gasteiger partial charge in [0.2, 0.25) is 0 Å². The number of hydrogen-bond donors (Lipinski definition) is 0. The van der Waals surface area contributed by atoms with Crippen molar-refractivity contribution in [1.29, 1.82) is 0 Å². The van der Waals surface area contributed by atoms with E-state index in [1.54, 1.807) is 22.0 Å². The first-order valence-corrected chi connectivity index (χ1v) is 8.01. The molecule has 0 unspecified atom stereocenters. The summed E-state index contributed by atoms with van der Waals surface area (Å²) in [6.07, 6.45) is 1.73. The molecule has 0 N–H and O–H groups in total. The topological polar surface area (TPSA) is 56.2 Å². The largest absolute Gasteiger partial charge is 0.454 e. The molecule has 0 atom stereocenters. The first kappa shape index (κ1) is 12.5. The Morgan fingerprint density at radius 2 is 2.00 bits per heavy atom. The van der Waals surface area contributed by atoms with Gasteiger partial charge < -0.3 is 4.42 Å². The van der Waals surface area contributed by atoms with E-state index in [2.05, 4.69) is 15.1 Å². The quantitative estimate of drug-likeness (QED) is 0.488. The van der Waals surface area contributed by atoms with Crippen LogP contribution in [0.5, 0.6) is 0 Å². The minimum atomic E-state index is 0.561. The van der Waals surface area contributed by atoms with Gasteiger partial charge in [-0.25, -0.2) is 4.98 Å². The maximum Gasteiger partial charge on any atom is 0.253 e. The number of para-hydroxylation sites is 1. The van der Waals surface area contributed by atoms with Crippen LogP contribution in [0.25, 0.3) is 38.9 Å². The second kappa shape index (κ2) is 4.76. The molecule has 23 heavy (non-hydrogen) atoms. The second-order valence-electron chi connectivity index (χ2n) is 5.10. The number of rotatable bonds is 2. The molecule has 5 rings (SSSR count). The zero-order valence-corrected chi connectivity index (χ0v) is 12.7. The van der Waals surface area contributed by atoms with Gasteiger partial charge in [0.25, 0.3) is 5.78 Å². The zero-order chi connectivity index (χ0) is 15.2. The van der Waals surface area contributed by atoms with Gasteiger partial charge in [0.15, 0.2) is 11.6 Å². The molecule has 0 aliphatic heterocycles. The highest BCUT2D eigenvalue weighted by Crippen LogP contribution is 2.28. The van der Waals surface area contributed by atoms with Crippen molar-refractivity contribution in [3.05, 3.63) is 60.1 Å². The Morgan fingerprint density at radius 1 is 1.04 bits per heavy atom. The lowest BCUT2D eigenvalue weighted by molar-refractivity contribution is 0.625. The summed E-state index contributed by atoms with van der Waals surface area (Å²) in [7, 11) is 0. The summed E-state index contributed by atoms with van der Waals surface area (Å²) in [6, 6.07) is 15.8. The molecule has 5 nitrogen and oxygen atoms in total. The summed E-state index contributed by atoms with van der Waals surface area (Å²) in [5, 5.41) is 7.66. The Balaban J connectivity index is 1.74. The minimum absolute atomic E-state index is 0.561. The SMILES string of the molecule is c1csc(-c2nc3nccc(-c4cc5ccccc5o4)n3n2)c1. The van der Waals surface area contributed by atoms with E-state index in [-0.39, 0.29) is 0 Å². The lowest BCUT2D eigenvalue weighted by Crippen LogP contribution is -1.94. The van der Waals surface area contributed by atoms with E-state index in [4.69, 9.17) is 4.42 Å². The predicted octanol–water partition coefficient (Wildman–Crippen LogP) is 4.27. The van der Waals surface area contributed by atoms with Crippen molar-refractivity contribution in [2.75, 3.05) is 0 Å². The van der Waals surface area contributed by atoms with Gasteiger partial charge in [0, 0.05) is 11.6 Å². The van der Waals surface area contributed by atoms with E-state index < -0.39 is 0 Å². The van der Waals surface area contributed by atoms with Gasteiger partial charge >= 0.3 is 0 Å². The Morgan fingerprint density at radius 3 is 2.87 bits per heavy atom. The van der Waals surface area contributed by atoms with E-state index in [0.29, 0.717) is 11.6 Å². The molecule has 0 radical (unpaired) electrons. The minimum Gasteiger partial charge on any atom is -0.454 e. The van der Waals surface area contributed by atoms with Crippen LogP contribution in [0.2, 0.25) is 0 Å². The molecule has 0 fully saturated rings. The lowest BCUT2D eigenvalue weighted by Gasteiger charge is -1.98. The van der Waals surface area contributed by atoms with E-state index in [1.807, 2.05) is 53.9 Å². The van der Waals surface area contributed by atoms with Crippen LogP contribution < -0.4 is 0 Å². The number of hydrogen-bond acceptors (Lipinski definition) is 5. The van der Waals surface area contributed by atoms with Crippen molar-refractivity contribution in [1.82, 2.24) is 19.6 Å². The third-order valence-corrected chi connectivity index (χ3v) is 4.53. The Kier molecular flexibility index (Phi) is 2.59. The van der Waals surface area contributed by atoms with Crippen molar-refractivity contribution in [2.45, 2.75) is 0 Å². The number of thiophene rings is 1. The standard InChI is InChI=1S/C17H10N4OS/c1-2-5-13-11(4-1)10-14(22-13)12-7-8-18-17-19-16(20-21(12)17)15-6-3-9-23-15/h1-10H. The van der Waals surface area contributed by atoms with E-state index in [1.165, 1.54) is 0 Å². The molecule has 0 amide bonds. The first-order chi connectivity index (χ1) is 11.4. The molecule has 5 aromatic rings. The fourth-order valence-corrected chi connectivity index (χ4v) is 3.25. The van der Waals surface area contributed by atoms with Gasteiger partial charge in [-0.05, 0) is 29.6 Å². The van der Waals surface area contributed by atoms with E-state index in [9.17, 15) is 0 Å². The maximum atomic E-state index is 5.95. The lowest BCUT2D eigenvalue weighted by atomic mass is 10.2. The van der Waals surface area contributed by atoms with E-state index in [0.717, 1.165) is 27.3 Å². The smallest absolute Gasteiger partial charge is 0.253 e. The van der Waals surface area contributed by atoms with Gasteiger partial charge in [0.1, 0.15) is 11.3 Å². The van der Waals surface area contributed by atoms with Gasteiger partial charge in [-0.3, -0.25) is 0 Å². The van der Waals surface area contributed by atoms with Crippen LogP contribution in [0, 0.1) is 0 Å². The molecule has 6 heteroatoms. The van der Waals surface area contributed by atoms with Gasteiger partial charge in [-0.15, -0.1) is 16.4 Å². The monoisotopic (exact) mass is 318 g/mol. The van der Waals surface area contributed by atoms with Crippen molar-refractivity contribution >= 4 is 28.1 Å². The summed E-state index contributed by atoms with van der Waals surface area (Å²) in [5.74, 6) is 1.99. The predicted molar refractivity (Wildman–Crippen MR) is 89.3 cm³/mol. The van der Waals surface area contributed by atoms with Crippen LogP contribution in [0.3, 0.4) is 0 Å². The van der Waals surface area contributed by atoms with Crippen LogP contribution in [-0.2, 0) is 0 Å². The number of benzene rings is 1. The summed E-state index contributed by atoms with van der Waals surface area (Å²) >= 11 is 1.61. The summed E-state index contributed by atoms with van der Waals surface area (Å²) in [6.45, 7) is 0. The van der Waals surface area contributed by atoms with Crippen LogP contribution in [0.1, 0.15) is 0 Å². The van der Waals surface area contributed by atoms with Crippen LogP contribution in [0.4, 0.5) is 0 Å². The summed E-state index contributed by atoms with van der Waals surface area (Å²) in [5.41, 5.74) is 1.69. The highest BCUT2D eigenvalue weighted by atomic mass is 32.1. The van der Waals surface area contributed by atoms with Crippen LogP contribution >= 0.6 is 11.3 Å². The molecule has 1 aromatic carbocycles. The molecule has 0 aliphatic carbocycles. The van der Waals surface area contributed by atoms with Crippen LogP contribution in [0.15, 0.2) is 64.5 Å². The Bertz CT molecular complexity index is 1090. The molecule has 0 saturated heterocycles. The average molecular weight is 318 g/mol. The first-order valence-electron chi connectivity index (χ1n) is 7.13. The molecule has 0 aliphatic rings. The number of fused-ring (bicyclic) bond motifs is 2.